The summed E-state index contributed by atoms with van der Waals surface area (Å²) in [7, 11) is -0.592. The summed E-state index contributed by atoms with van der Waals surface area (Å²) in [6, 6.07) is 14.4. The minimum absolute atomic E-state index is 0.101. The molecule has 0 spiro atoms. The highest BCUT2D eigenvalue weighted by molar-refractivity contribution is 6.77. The molecule has 0 N–H and O–H groups in total. The van der Waals surface area contributed by atoms with Crippen LogP contribution in [-0.4, -0.2) is 32.8 Å². The lowest BCUT2D eigenvalue weighted by Gasteiger charge is -2.45. The molecule has 0 amide bonds. The van der Waals surface area contributed by atoms with Crippen molar-refractivity contribution in [1.82, 2.24) is 4.90 Å². The van der Waals surface area contributed by atoms with Gasteiger partial charge in [0.25, 0.3) is 0 Å². The normalized spacial score (nSPS) is 19.1. The van der Waals surface area contributed by atoms with Crippen molar-refractivity contribution in [3.8, 4) is 0 Å². The van der Waals surface area contributed by atoms with E-state index in [2.05, 4.69) is 84.6 Å². The summed E-state index contributed by atoms with van der Waals surface area (Å²) in [5.74, 6) is 0.384. The van der Waals surface area contributed by atoms with E-state index in [0.29, 0.717) is 42.0 Å². The Hall–Kier alpha value is -2.16. The monoisotopic (exact) mass is 647 g/mol. The van der Waals surface area contributed by atoms with Gasteiger partial charge in [-0.05, 0) is 89.5 Å². The molecule has 2 aromatic carbocycles. The molecule has 0 aliphatic carbocycles. The van der Waals surface area contributed by atoms with Crippen LogP contribution < -0.4 is 0 Å². The fourth-order valence-electron chi connectivity index (χ4n) is 7.72. The molecule has 0 unspecified atom stereocenters. The third-order valence-electron chi connectivity index (χ3n) is 10.0. The first kappa shape index (κ1) is 37.3. The van der Waals surface area contributed by atoms with Gasteiger partial charge in [0, 0.05) is 18.5 Å². The van der Waals surface area contributed by atoms with Crippen molar-refractivity contribution in [2.24, 2.45) is 11.8 Å². The quantitative estimate of drug-likeness (QED) is 0.151. The third-order valence-corrected chi connectivity index (χ3v) is 16.1. The van der Waals surface area contributed by atoms with Gasteiger partial charge in [-0.15, -0.1) is 0 Å². The van der Waals surface area contributed by atoms with Crippen molar-refractivity contribution in [1.29, 1.82) is 0 Å². The third kappa shape index (κ3) is 9.45. The fourth-order valence-corrected chi connectivity index (χ4v) is 13.1. The van der Waals surface area contributed by atoms with Crippen LogP contribution in [-0.2, 0) is 26.7 Å². The molecule has 4 nitrogen and oxygen atoms in total. The van der Waals surface area contributed by atoms with E-state index < -0.39 is 20.1 Å². The van der Waals surface area contributed by atoms with Crippen LogP contribution in [0, 0.1) is 11.8 Å². The zero-order chi connectivity index (χ0) is 33.5. The van der Waals surface area contributed by atoms with Gasteiger partial charge in [-0.3, -0.25) is 9.69 Å². The number of benzene rings is 2. The highest BCUT2D eigenvalue weighted by Gasteiger charge is 2.45. The van der Waals surface area contributed by atoms with E-state index in [-0.39, 0.29) is 24.0 Å². The Morgan fingerprint density at radius 3 is 1.96 bits per heavy atom. The van der Waals surface area contributed by atoms with Crippen molar-refractivity contribution in [2.75, 3.05) is 13.7 Å². The van der Waals surface area contributed by atoms with Crippen LogP contribution in [0.15, 0.2) is 48.5 Å². The molecule has 1 aliphatic rings. The number of alkyl halides is 3. The average Bonchev–Trinajstić information content (AvgIpc) is 2.97. The number of carbonyl (C=O) groups is 1. The molecule has 0 saturated carbocycles. The van der Waals surface area contributed by atoms with Crippen LogP contribution in [0.5, 0.6) is 0 Å². The molecule has 252 valence electrons. The van der Waals surface area contributed by atoms with Gasteiger partial charge >= 0.3 is 12.1 Å². The summed E-state index contributed by atoms with van der Waals surface area (Å²) in [5, 5.41) is 0. The number of likely N-dealkylation sites (tertiary alicyclic amines) is 1. The van der Waals surface area contributed by atoms with Gasteiger partial charge in [0.2, 0.25) is 8.32 Å². The predicted octanol–water partition coefficient (Wildman–Crippen LogP) is 10.9. The largest absolute Gasteiger partial charge is 0.469 e. The van der Waals surface area contributed by atoms with Crippen LogP contribution in [0.4, 0.5) is 13.2 Å². The number of piperidine rings is 1. The molecule has 3 rings (SSSR count). The van der Waals surface area contributed by atoms with E-state index in [1.54, 1.807) is 12.1 Å². The van der Waals surface area contributed by atoms with E-state index in [1.807, 2.05) is 0 Å². The Balaban J connectivity index is 1.94. The number of hydrogen-bond donors (Lipinski definition) is 0. The van der Waals surface area contributed by atoms with Gasteiger partial charge in [-0.25, -0.2) is 0 Å². The zero-order valence-electron chi connectivity index (χ0n) is 28.9. The summed E-state index contributed by atoms with van der Waals surface area (Å²) in [4.78, 5) is 14.7. The van der Waals surface area contributed by atoms with E-state index in [0.717, 1.165) is 36.9 Å². The fraction of sp³-hybridized carbons (Fsp3) is 0.649. The number of nitrogens with zero attached hydrogens (tertiary/aromatic N) is 1. The molecule has 8 heteroatoms. The molecule has 1 aliphatic heterocycles. The summed E-state index contributed by atoms with van der Waals surface area (Å²) in [5.41, 5.74) is 4.13. The highest BCUT2D eigenvalue weighted by Crippen LogP contribution is 2.45. The number of carbonyl (C=O) groups excluding carboxylic acids is 1. The van der Waals surface area contributed by atoms with Gasteiger partial charge < -0.3 is 9.16 Å². The van der Waals surface area contributed by atoms with Crippen molar-refractivity contribution in [3.63, 3.8) is 0 Å². The average molecular weight is 648 g/mol. The number of esters is 1. The maximum Gasteiger partial charge on any atom is 0.416 e. The molecule has 0 aromatic heterocycles. The summed E-state index contributed by atoms with van der Waals surface area (Å²) in [6.07, 6.45) is -0.565. The molecule has 3 atom stereocenters. The first-order valence-corrected chi connectivity index (χ1v) is 19.0. The maximum atomic E-state index is 13.4. The summed E-state index contributed by atoms with van der Waals surface area (Å²) < 4.78 is 52.1. The Kier molecular flexibility index (Phi) is 13.3. The van der Waals surface area contributed by atoms with E-state index in [9.17, 15) is 18.0 Å². The minimum Gasteiger partial charge on any atom is -0.469 e. The van der Waals surface area contributed by atoms with Crippen molar-refractivity contribution >= 4 is 14.3 Å². The van der Waals surface area contributed by atoms with Crippen LogP contribution in [0.1, 0.15) is 122 Å². The molecule has 1 saturated heterocycles. The molecular formula is C37H56F3NO3Si. The topological polar surface area (TPSA) is 38.8 Å². The van der Waals surface area contributed by atoms with E-state index >= 15 is 0 Å². The van der Waals surface area contributed by atoms with Gasteiger partial charge in [0.05, 0.1) is 19.3 Å². The van der Waals surface area contributed by atoms with Gasteiger partial charge in [-0.2, -0.15) is 13.2 Å². The first-order chi connectivity index (χ1) is 21.1. The lowest BCUT2D eigenvalue weighted by atomic mass is 9.82. The molecule has 2 aromatic rings. The van der Waals surface area contributed by atoms with Crippen LogP contribution >= 0.6 is 0 Å². The van der Waals surface area contributed by atoms with Gasteiger partial charge in [0.1, 0.15) is 0 Å². The van der Waals surface area contributed by atoms with Crippen molar-refractivity contribution in [2.45, 2.75) is 129 Å². The molecular weight excluding hydrogens is 591 g/mol. The standard InChI is InChI=1S/C37H56F3NO3Si/c1-25(2)10-19-34(31-13-11-29(12-14-31)24-44-45(26(3)4,27(5)6)28(7)8)41-21-20-30(23-36(42)43-9)22-35(41)32-15-17-33(18-16-32)37(38,39)40/h11-18,25-28,30,34-35H,10,19-24H2,1-9H3/t30-,34-,35+/m1/s1. The van der Waals surface area contributed by atoms with E-state index in [4.69, 9.17) is 9.16 Å². The lowest BCUT2D eigenvalue weighted by Crippen LogP contribution is -2.47. The first-order valence-electron chi connectivity index (χ1n) is 16.8. The SMILES string of the molecule is COC(=O)C[C@@H]1CCN([C@H](CCC(C)C)c2ccc(CO[Si](C(C)C)(C(C)C)C(C)C)cc2)[C@H](c2ccc(C(F)(F)F)cc2)C1. The number of hydrogen-bond acceptors (Lipinski definition) is 4. The van der Waals surface area contributed by atoms with Crippen LogP contribution in [0.2, 0.25) is 16.6 Å². The Morgan fingerprint density at radius 1 is 0.889 bits per heavy atom. The predicted molar refractivity (Wildman–Crippen MR) is 179 cm³/mol. The maximum absolute atomic E-state index is 13.4. The second kappa shape index (κ2) is 16.1. The molecule has 1 heterocycles. The van der Waals surface area contributed by atoms with Crippen LogP contribution in [0.25, 0.3) is 0 Å². The second-order valence-corrected chi connectivity index (χ2v) is 19.8. The van der Waals surface area contributed by atoms with Gasteiger partial charge in [-0.1, -0.05) is 91.8 Å². The Bertz CT molecular complexity index is 1170. The second-order valence-electron chi connectivity index (χ2n) is 14.4. The summed E-state index contributed by atoms with van der Waals surface area (Å²) >= 11 is 0. The van der Waals surface area contributed by atoms with E-state index in [1.165, 1.54) is 24.8 Å². The minimum atomic E-state index is -4.38. The molecule has 0 bridgehead atoms. The van der Waals surface area contributed by atoms with Crippen molar-refractivity contribution in [3.05, 3.63) is 70.8 Å². The van der Waals surface area contributed by atoms with Crippen LogP contribution in [0.3, 0.4) is 0 Å². The Labute approximate surface area is 271 Å². The number of methoxy groups -OCH3 is 1. The lowest BCUT2D eigenvalue weighted by molar-refractivity contribution is -0.142. The summed E-state index contributed by atoms with van der Waals surface area (Å²) in [6.45, 7) is 19.6. The molecule has 1 fully saturated rings. The number of ether oxygens (including phenoxy) is 1. The Morgan fingerprint density at radius 2 is 1.47 bits per heavy atom. The number of rotatable bonds is 14. The molecule has 45 heavy (non-hydrogen) atoms. The smallest absolute Gasteiger partial charge is 0.416 e. The molecule has 0 radical (unpaired) electrons. The van der Waals surface area contributed by atoms with Crippen molar-refractivity contribution < 1.29 is 27.1 Å². The zero-order valence-corrected chi connectivity index (χ0v) is 29.9. The highest BCUT2D eigenvalue weighted by atomic mass is 28.4. The van der Waals surface area contributed by atoms with Gasteiger partial charge in [0.15, 0.2) is 0 Å². The number of halogens is 3.